The Labute approximate surface area is 142 Å². The van der Waals surface area contributed by atoms with Crippen molar-refractivity contribution < 1.29 is 18.6 Å². The minimum Gasteiger partial charge on any atom is -0.479 e. The average molecular weight is 344 g/mol. The van der Waals surface area contributed by atoms with Crippen molar-refractivity contribution in [2.24, 2.45) is 7.05 Å². The molecule has 1 saturated carbocycles. The van der Waals surface area contributed by atoms with E-state index in [1.54, 1.807) is 13.2 Å². The summed E-state index contributed by atoms with van der Waals surface area (Å²) in [5, 5.41) is 14.5. The monoisotopic (exact) mass is 344 g/mol. The SMILES string of the molecule is COc1nn(C)cc1C(=O)NCc1nc(-c2cc(C3CC3)on2)no1. The van der Waals surface area contributed by atoms with Gasteiger partial charge in [-0.25, -0.2) is 0 Å². The molecule has 3 aromatic rings. The molecule has 1 fully saturated rings. The molecule has 3 heterocycles. The second kappa shape index (κ2) is 6.04. The lowest BCUT2D eigenvalue weighted by Crippen LogP contribution is -2.23. The van der Waals surface area contributed by atoms with Gasteiger partial charge in [0.1, 0.15) is 11.3 Å². The van der Waals surface area contributed by atoms with Crippen molar-refractivity contribution in [1.29, 1.82) is 0 Å². The van der Waals surface area contributed by atoms with Gasteiger partial charge in [-0.05, 0) is 12.8 Å². The van der Waals surface area contributed by atoms with Crippen LogP contribution in [0.5, 0.6) is 5.88 Å². The highest BCUT2D eigenvalue weighted by Crippen LogP contribution is 2.40. The highest BCUT2D eigenvalue weighted by molar-refractivity contribution is 5.96. The van der Waals surface area contributed by atoms with Crippen molar-refractivity contribution in [2.75, 3.05) is 7.11 Å². The van der Waals surface area contributed by atoms with Gasteiger partial charge in [-0.1, -0.05) is 10.3 Å². The van der Waals surface area contributed by atoms with Gasteiger partial charge in [-0.15, -0.1) is 5.10 Å². The van der Waals surface area contributed by atoms with Crippen molar-refractivity contribution in [2.45, 2.75) is 25.3 Å². The minimum absolute atomic E-state index is 0.0806. The number of carbonyl (C=O) groups excluding carboxylic acids is 1. The summed E-state index contributed by atoms with van der Waals surface area (Å²) >= 11 is 0. The predicted molar refractivity (Wildman–Crippen MR) is 82.7 cm³/mol. The number of hydrogen-bond acceptors (Lipinski definition) is 8. The van der Waals surface area contributed by atoms with Gasteiger partial charge in [0.25, 0.3) is 5.91 Å². The Hall–Kier alpha value is -3.17. The number of methoxy groups -OCH3 is 1. The summed E-state index contributed by atoms with van der Waals surface area (Å²) in [5.74, 6) is 1.81. The summed E-state index contributed by atoms with van der Waals surface area (Å²) in [5.41, 5.74) is 0.854. The molecule has 0 saturated heterocycles. The highest BCUT2D eigenvalue weighted by Gasteiger charge is 2.28. The van der Waals surface area contributed by atoms with Crippen LogP contribution in [0.2, 0.25) is 0 Å². The Bertz CT molecular complexity index is 907. The van der Waals surface area contributed by atoms with E-state index in [9.17, 15) is 4.79 Å². The van der Waals surface area contributed by atoms with Gasteiger partial charge < -0.3 is 19.1 Å². The Morgan fingerprint density at radius 3 is 3.00 bits per heavy atom. The molecule has 4 rings (SSSR count). The van der Waals surface area contributed by atoms with Crippen LogP contribution < -0.4 is 10.1 Å². The van der Waals surface area contributed by atoms with Gasteiger partial charge in [-0.3, -0.25) is 9.48 Å². The minimum atomic E-state index is -0.345. The molecule has 25 heavy (non-hydrogen) atoms. The zero-order valence-corrected chi connectivity index (χ0v) is 13.7. The number of amides is 1. The first-order valence-electron chi connectivity index (χ1n) is 7.79. The fraction of sp³-hybridized carbons (Fsp3) is 0.400. The Balaban J connectivity index is 1.41. The standard InChI is InChI=1S/C15H16N6O4/c1-21-7-9(15(18-21)23-2)14(22)16-6-12-17-13(20-25-12)10-5-11(24-19-10)8-3-4-8/h5,7-8H,3-4,6H2,1-2H3,(H,16,22). The van der Waals surface area contributed by atoms with E-state index in [0.717, 1.165) is 18.6 Å². The molecule has 10 nitrogen and oxygen atoms in total. The maximum absolute atomic E-state index is 12.2. The third kappa shape index (κ3) is 3.10. The van der Waals surface area contributed by atoms with E-state index in [1.807, 2.05) is 6.07 Å². The van der Waals surface area contributed by atoms with E-state index in [4.69, 9.17) is 13.8 Å². The number of aryl methyl sites for hydroxylation is 1. The molecular weight excluding hydrogens is 328 g/mol. The molecule has 3 aromatic heterocycles. The highest BCUT2D eigenvalue weighted by atomic mass is 16.5. The molecule has 1 aliphatic carbocycles. The summed E-state index contributed by atoms with van der Waals surface area (Å²) in [6.07, 6.45) is 3.81. The van der Waals surface area contributed by atoms with Crippen molar-refractivity contribution in [1.82, 2.24) is 30.4 Å². The van der Waals surface area contributed by atoms with Gasteiger partial charge in [0, 0.05) is 25.2 Å². The first kappa shape index (κ1) is 15.4. The van der Waals surface area contributed by atoms with Crippen LogP contribution in [-0.2, 0) is 13.6 Å². The van der Waals surface area contributed by atoms with E-state index in [-0.39, 0.29) is 24.2 Å². The van der Waals surface area contributed by atoms with Crippen molar-refractivity contribution in [3.8, 4) is 17.4 Å². The van der Waals surface area contributed by atoms with Gasteiger partial charge in [0.2, 0.25) is 17.6 Å². The molecular formula is C15H16N6O4. The van der Waals surface area contributed by atoms with Crippen LogP contribution in [-0.4, -0.2) is 38.1 Å². The molecule has 0 aromatic carbocycles. The molecule has 10 heteroatoms. The quantitative estimate of drug-likeness (QED) is 0.709. The van der Waals surface area contributed by atoms with Crippen molar-refractivity contribution in [3.05, 3.63) is 29.5 Å². The molecule has 0 aliphatic heterocycles. The first-order chi connectivity index (χ1) is 12.1. The fourth-order valence-electron chi connectivity index (χ4n) is 2.41. The molecule has 1 N–H and O–H groups in total. The summed E-state index contributed by atoms with van der Waals surface area (Å²) in [6.45, 7) is 0.0806. The molecule has 0 radical (unpaired) electrons. The lowest BCUT2D eigenvalue weighted by Gasteiger charge is -2.01. The zero-order chi connectivity index (χ0) is 17.4. The molecule has 1 amide bonds. The Kier molecular flexibility index (Phi) is 3.71. The van der Waals surface area contributed by atoms with Gasteiger partial charge in [-0.2, -0.15) is 4.98 Å². The number of nitrogens with one attached hydrogen (secondary N) is 1. The molecule has 130 valence electrons. The van der Waals surface area contributed by atoms with Crippen molar-refractivity contribution >= 4 is 5.91 Å². The van der Waals surface area contributed by atoms with Crippen LogP contribution in [0.4, 0.5) is 0 Å². The lowest BCUT2D eigenvalue weighted by atomic mass is 10.3. The molecule has 0 spiro atoms. The summed E-state index contributed by atoms with van der Waals surface area (Å²) in [4.78, 5) is 16.4. The maximum Gasteiger partial charge on any atom is 0.258 e. The first-order valence-corrected chi connectivity index (χ1v) is 7.79. The fourth-order valence-corrected chi connectivity index (χ4v) is 2.41. The average Bonchev–Trinajstić information content (AvgIpc) is 3.03. The largest absolute Gasteiger partial charge is 0.479 e. The number of carbonyl (C=O) groups is 1. The Morgan fingerprint density at radius 1 is 1.40 bits per heavy atom. The number of nitrogens with zero attached hydrogens (tertiary/aromatic N) is 5. The third-order valence-electron chi connectivity index (χ3n) is 3.84. The maximum atomic E-state index is 12.2. The number of aromatic nitrogens is 5. The topological polar surface area (TPSA) is 121 Å². The second-order valence-corrected chi connectivity index (χ2v) is 5.81. The smallest absolute Gasteiger partial charge is 0.258 e. The van der Waals surface area contributed by atoms with Crippen LogP contribution in [0, 0.1) is 0 Å². The lowest BCUT2D eigenvalue weighted by molar-refractivity contribution is 0.0943. The second-order valence-electron chi connectivity index (χ2n) is 5.81. The zero-order valence-electron chi connectivity index (χ0n) is 13.7. The van der Waals surface area contributed by atoms with E-state index < -0.39 is 0 Å². The molecule has 0 bridgehead atoms. The summed E-state index contributed by atoms with van der Waals surface area (Å²) in [6, 6.07) is 1.82. The van der Waals surface area contributed by atoms with E-state index in [0.29, 0.717) is 23.0 Å². The van der Waals surface area contributed by atoms with Crippen LogP contribution in [0.25, 0.3) is 11.5 Å². The van der Waals surface area contributed by atoms with Crippen molar-refractivity contribution in [3.63, 3.8) is 0 Å². The molecule has 1 aliphatic rings. The third-order valence-corrected chi connectivity index (χ3v) is 3.84. The van der Waals surface area contributed by atoms with Crippen LogP contribution in [0.3, 0.4) is 0 Å². The summed E-state index contributed by atoms with van der Waals surface area (Å²) in [7, 11) is 3.16. The summed E-state index contributed by atoms with van der Waals surface area (Å²) < 4.78 is 17.0. The molecule has 0 atom stereocenters. The van der Waals surface area contributed by atoms with Crippen LogP contribution in [0.1, 0.15) is 40.8 Å². The van der Waals surface area contributed by atoms with Gasteiger partial charge in [0.15, 0.2) is 5.69 Å². The predicted octanol–water partition coefficient (Wildman–Crippen LogP) is 1.27. The van der Waals surface area contributed by atoms with E-state index >= 15 is 0 Å². The number of hydrogen-bond donors (Lipinski definition) is 1. The van der Waals surface area contributed by atoms with E-state index in [1.165, 1.54) is 11.8 Å². The number of ether oxygens (including phenoxy) is 1. The molecule has 0 unspecified atom stereocenters. The van der Waals surface area contributed by atoms with Crippen LogP contribution in [0.15, 0.2) is 21.3 Å². The number of rotatable bonds is 6. The van der Waals surface area contributed by atoms with Crippen LogP contribution >= 0.6 is 0 Å². The van der Waals surface area contributed by atoms with Gasteiger partial charge in [0.05, 0.1) is 13.7 Å². The van der Waals surface area contributed by atoms with Gasteiger partial charge >= 0.3 is 0 Å². The normalized spacial score (nSPS) is 13.8. The Morgan fingerprint density at radius 2 is 2.24 bits per heavy atom. The van der Waals surface area contributed by atoms with E-state index in [2.05, 4.69) is 25.7 Å².